The number of aliphatic imine (C=N–C) groups is 1. The lowest BCUT2D eigenvalue weighted by Gasteiger charge is -2.28. The average Bonchev–Trinajstić information content (AvgIpc) is 2.91. The highest BCUT2D eigenvalue weighted by molar-refractivity contribution is 5.98. The second kappa shape index (κ2) is 15.9. The lowest BCUT2D eigenvalue weighted by atomic mass is 10.00. The van der Waals surface area contributed by atoms with Crippen LogP contribution in [-0.4, -0.2) is 95.8 Å². The Morgan fingerprint density at radius 1 is 0.952 bits per heavy atom. The zero-order chi connectivity index (χ0) is 31.4. The lowest BCUT2D eigenvalue weighted by Crippen LogP contribution is -2.59. The molecular weight excluding hydrogens is 548 g/mol. The number of carboxylic acids is 1. The van der Waals surface area contributed by atoms with E-state index in [-0.39, 0.29) is 25.3 Å². The van der Waals surface area contributed by atoms with Gasteiger partial charge in [0.1, 0.15) is 24.2 Å². The van der Waals surface area contributed by atoms with E-state index in [1.807, 2.05) is 0 Å². The van der Waals surface area contributed by atoms with E-state index in [0.717, 1.165) is 4.90 Å². The van der Waals surface area contributed by atoms with Crippen molar-refractivity contribution in [2.75, 3.05) is 20.1 Å². The number of carbonyl (C=O) groups is 6. The van der Waals surface area contributed by atoms with E-state index in [9.17, 15) is 33.9 Å². The van der Waals surface area contributed by atoms with Gasteiger partial charge in [-0.15, -0.1) is 0 Å². The van der Waals surface area contributed by atoms with Crippen molar-refractivity contribution >= 4 is 41.5 Å². The number of hydrogen-bond donors (Lipinski definition) is 7. The van der Waals surface area contributed by atoms with Gasteiger partial charge >= 0.3 is 5.97 Å². The van der Waals surface area contributed by atoms with E-state index in [1.54, 1.807) is 44.2 Å². The minimum Gasteiger partial charge on any atom is -0.481 e. The topological polar surface area (TPSA) is 238 Å². The molecular formula is C27H40N8O7. The number of nitrogens with two attached hydrogens (primary N) is 2. The molecule has 1 fully saturated rings. The Morgan fingerprint density at radius 2 is 1.57 bits per heavy atom. The maximum absolute atomic E-state index is 13.5. The molecule has 5 amide bonds. The maximum atomic E-state index is 13.5. The van der Waals surface area contributed by atoms with Gasteiger partial charge in [-0.05, 0) is 24.3 Å². The van der Waals surface area contributed by atoms with Crippen LogP contribution in [0.15, 0.2) is 35.3 Å². The molecule has 1 saturated heterocycles. The molecule has 0 unspecified atom stereocenters. The number of hydrogen-bond acceptors (Lipinski definition) is 7. The predicted molar refractivity (Wildman–Crippen MR) is 153 cm³/mol. The van der Waals surface area contributed by atoms with Crippen molar-refractivity contribution in [2.45, 2.75) is 63.7 Å². The number of aliphatic carboxylic acids is 1. The Balaban J connectivity index is 2.48. The van der Waals surface area contributed by atoms with Gasteiger partial charge in [-0.2, -0.15) is 0 Å². The normalized spacial score (nSPS) is 22.7. The smallest absolute Gasteiger partial charge is 0.305 e. The molecule has 15 heteroatoms. The standard InChI is InChI=1S/C27H40N8O7/c1-15(2)22-25(41)32-17(10-7-11-30-27(28)29)26(42)35(3)14-20(36)31-19(13-21(37)38)23(39)33-18(24(40)34-22)12-16-8-5-4-6-9-16/h4-6,8-9,15,17-19,22H,7,10-14H2,1-3H3,(H,31,36)(H,32,41)(H,33,39)(H,34,40)(H,37,38)(H4,28,29,30)/t17-,18+,19-,22-/m0/s1. The number of guanidine groups is 1. The first-order valence-electron chi connectivity index (χ1n) is 13.5. The third kappa shape index (κ3) is 10.7. The van der Waals surface area contributed by atoms with Crippen LogP contribution in [0.5, 0.6) is 0 Å². The van der Waals surface area contributed by atoms with E-state index in [4.69, 9.17) is 11.5 Å². The summed E-state index contributed by atoms with van der Waals surface area (Å²) in [6, 6.07) is 3.83. The van der Waals surface area contributed by atoms with Gasteiger partial charge in [0.15, 0.2) is 5.96 Å². The van der Waals surface area contributed by atoms with Crippen LogP contribution in [0.25, 0.3) is 0 Å². The fourth-order valence-corrected chi connectivity index (χ4v) is 4.33. The van der Waals surface area contributed by atoms with E-state index in [0.29, 0.717) is 12.0 Å². The summed E-state index contributed by atoms with van der Waals surface area (Å²) >= 11 is 0. The summed E-state index contributed by atoms with van der Waals surface area (Å²) in [7, 11) is 1.33. The highest BCUT2D eigenvalue weighted by Crippen LogP contribution is 2.10. The van der Waals surface area contributed by atoms with E-state index in [1.165, 1.54) is 7.05 Å². The molecule has 1 aromatic rings. The number of nitrogens with one attached hydrogen (secondary N) is 4. The second-order valence-corrected chi connectivity index (χ2v) is 10.4. The maximum Gasteiger partial charge on any atom is 0.305 e. The molecule has 0 saturated carbocycles. The molecule has 0 aromatic heterocycles. The van der Waals surface area contributed by atoms with Gasteiger partial charge in [0, 0.05) is 20.0 Å². The van der Waals surface area contributed by atoms with Gasteiger partial charge in [0.25, 0.3) is 0 Å². The molecule has 0 aliphatic carbocycles. The third-order valence-electron chi connectivity index (χ3n) is 6.51. The molecule has 4 atom stereocenters. The number of likely N-dealkylation sites (N-methyl/N-ethyl adjacent to an activating group) is 1. The molecule has 230 valence electrons. The van der Waals surface area contributed by atoms with Crippen molar-refractivity contribution in [3.8, 4) is 0 Å². The minimum atomic E-state index is -1.54. The number of rotatable bonds is 9. The summed E-state index contributed by atoms with van der Waals surface area (Å²) in [5.41, 5.74) is 11.4. The van der Waals surface area contributed by atoms with Crippen molar-refractivity contribution in [2.24, 2.45) is 22.4 Å². The summed E-state index contributed by atoms with van der Waals surface area (Å²) < 4.78 is 0. The quantitative estimate of drug-likeness (QED) is 0.0942. The number of carboxylic acid groups (broad SMARTS) is 1. The molecule has 15 nitrogen and oxygen atoms in total. The fraction of sp³-hybridized carbons (Fsp3) is 0.519. The minimum absolute atomic E-state index is 0.0211. The van der Waals surface area contributed by atoms with E-state index >= 15 is 0 Å². The zero-order valence-corrected chi connectivity index (χ0v) is 24.0. The Hall–Kier alpha value is -4.69. The summed E-state index contributed by atoms with van der Waals surface area (Å²) in [5, 5.41) is 19.6. The van der Waals surface area contributed by atoms with Crippen molar-refractivity contribution in [1.29, 1.82) is 0 Å². The monoisotopic (exact) mass is 588 g/mol. The Kier molecular flexibility index (Phi) is 12.7. The van der Waals surface area contributed by atoms with Crippen LogP contribution in [0.1, 0.15) is 38.7 Å². The molecule has 0 bridgehead atoms. The van der Waals surface area contributed by atoms with Gasteiger partial charge < -0.3 is 42.7 Å². The highest BCUT2D eigenvalue weighted by atomic mass is 16.4. The van der Waals surface area contributed by atoms with Gasteiger partial charge in [-0.3, -0.25) is 33.8 Å². The van der Waals surface area contributed by atoms with Gasteiger partial charge in [0.2, 0.25) is 29.5 Å². The van der Waals surface area contributed by atoms with E-state index in [2.05, 4.69) is 26.3 Å². The van der Waals surface area contributed by atoms with Gasteiger partial charge in [-0.25, -0.2) is 0 Å². The predicted octanol–water partition coefficient (Wildman–Crippen LogP) is -2.18. The highest BCUT2D eigenvalue weighted by Gasteiger charge is 2.35. The van der Waals surface area contributed by atoms with Crippen molar-refractivity contribution < 1.29 is 33.9 Å². The van der Waals surface area contributed by atoms with E-state index < -0.39 is 78.6 Å². The first-order valence-corrected chi connectivity index (χ1v) is 13.5. The van der Waals surface area contributed by atoms with Crippen LogP contribution in [-0.2, 0) is 35.2 Å². The van der Waals surface area contributed by atoms with Crippen LogP contribution in [0.2, 0.25) is 0 Å². The van der Waals surface area contributed by atoms with Crippen LogP contribution in [0.3, 0.4) is 0 Å². The molecule has 9 N–H and O–H groups in total. The lowest BCUT2D eigenvalue weighted by molar-refractivity contribution is -0.142. The number of benzene rings is 1. The molecule has 42 heavy (non-hydrogen) atoms. The zero-order valence-electron chi connectivity index (χ0n) is 24.0. The molecule has 2 rings (SSSR count). The number of nitrogens with zero attached hydrogens (tertiary/aromatic N) is 2. The van der Waals surface area contributed by atoms with Gasteiger partial charge in [-0.1, -0.05) is 44.2 Å². The molecule has 1 aliphatic rings. The van der Waals surface area contributed by atoms with Crippen LogP contribution >= 0.6 is 0 Å². The molecule has 1 aliphatic heterocycles. The number of carbonyl (C=O) groups excluding carboxylic acids is 5. The fourth-order valence-electron chi connectivity index (χ4n) is 4.33. The third-order valence-corrected chi connectivity index (χ3v) is 6.51. The summed E-state index contributed by atoms with van der Waals surface area (Å²) in [6.45, 7) is 3.07. The SMILES string of the molecule is CC(C)[C@@H]1NC(=O)[C@@H](Cc2ccccc2)NC(=O)[C@H](CC(=O)O)NC(=O)CN(C)C(=O)[C@H](CCCN=C(N)N)NC1=O. The van der Waals surface area contributed by atoms with Crippen molar-refractivity contribution in [1.82, 2.24) is 26.2 Å². The largest absolute Gasteiger partial charge is 0.481 e. The molecule has 1 heterocycles. The molecule has 0 radical (unpaired) electrons. The second-order valence-electron chi connectivity index (χ2n) is 10.4. The van der Waals surface area contributed by atoms with Crippen molar-refractivity contribution in [3.63, 3.8) is 0 Å². The van der Waals surface area contributed by atoms with Crippen LogP contribution < -0.4 is 32.7 Å². The van der Waals surface area contributed by atoms with Crippen molar-refractivity contribution in [3.05, 3.63) is 35.9 Å². The Bertz CT molecular complexity index is 1170. The van der Waals surface area contributed by atoms with Gasteiger partial charge in [0.05, 0.1) is 13.0 Å². The van der Waals surface area contributed by atoms with Crippen LogP contribution in [0.4, 0.5) is 0 Å². The number of amides is 5. The van der Waals surface area contributed by atoms with Crippen LogP contribution in [0, 0.1) is 5.92 Å². The average molecular weight is 589 g/mol. The Morgan fingerprint density at radius 3 is 2.17 bits per heavy atom. The molecule has 0 spiro atoms. The molecule has 1 aromatic carbocycles. The Labute approximate surface area is 243 Å². The summed E-state index contributed by atoms with van der Waals surface area (Å²) in [4.78, 5) is 82.7. The summed E-state index contributed by atoms with van der Waals surface area (Å²) in [5.74, 6) is -5.59. The first kappa shape index (κ1) is 33.5. The summed E-state index contributed by atoms with van der Waals surface area (Å²) in [6.07, 6.45) is -0.319. The first-order chi connectivity index (χ1) is 19.8.